The second kappa shape index (κ2) is 14.3. The van der Waals surface area contributed by atoms with Crippen molar-refractivity contribution in [3.63, 3.8) is 0 Å². The molecule has 0 spiro atoms. The van der Waals surface area contributed by atoms with Crippen LogP contribution in [-0.4, -0.2) is 36.1 Å². The monoisotopic (exact) mass is 683 g/mol. The molecule has 0 saturated carbocycles. The van der Waals surface area contributed by atoms with E-state index < -0.39 is 14.7 Å². The molecule has 0 aliphatic heterocycles. The summed E-state index contributed by atoms with van der Waals surface area (Å²) in [5, 5.41) is 0. The van der Waals surface area contributed by atoms with Crippen molar-refractivity contribution >= 4 is 53.7 Å². The van der Waals surface area contributed by atoms with Crippen LogP contribution in [0.3, 0.4) is 0 Å². The summed E-state index contributed by atoms with van der Waals surface area (Å²) in [5.41, 5.74) is 16.1. The van der Waals surface area contributed by atoms with E-state index in [9.17, 15) is 4.79 Å². The second-order valence-corrected chi connectivity index (χ2v) is 18.7. The van der Waals surface area contributed by atoms with Gasteiger partial charge in [0, 0.05) is 0 Å². The first kappa shape index (κ1) is 33.9. The van der Waals surface area contributed by atoms with E-state index in [0.29, 0.717) is 0 Å². The Bertz CT molecular complexity index is 1430. The molecular weight excluding hydrogens is 634 g/mol. The number of hydrogen-bond acceptors (Lipinski definition) is 2. The molecule has 0 aliphatic carbocycles. The van der Waals surface area contributed by atoms with Crippen molar-refractivity contribution in [2.24, 2.45) is 0 Å². The van der Waals surface area contributed by atoms with E-state index in [0.717, 1.165) is 0 Å². The van der Waals surface area contributed by atoms with Gasteiger partial charge in [-0.1, -0.05) is 0 Å². The maximum absolute atomic E-state index is 11.8. The third-order valence-corrected chi connectivity index (χ3v) is 18.3. The zero-order valence-electron chi connectivity index (χ0n) is 27.9. The van der Waals surface area contributed by atoms with Crippen molar-refractivity contribution in [3.8, 4) is 0 Å². The minimum atomic E-state index is -2.40. The van der Waals surface area contributed by atoms with Crippen LogP contribution in [0.25, 0.3) is 0 Å². The predicted molar refractivity (Wildman–Crippen MR) is 184 cm³/mol. The van der Waals surface area contributed by atoms with Gasteiger partial charge in [0.15, 0.2) is 0 Å². The minimum absolute atomic E-state index is 0.182. The van der Waals surface area contributed by atoms with Crippen molar-refractivity contribution < 1.29 is 8.56 Å². The molecule has 4 aromatic carbocycles. The standard InChI is InChI=1S/C20H25GeO2.C18H22Ge/c1-12-8-14(3)19(15(4)9-12)21(23-18(7)22)20-16(5)10-13(2)11-17(20)6;1-11-7-13(3)17(14(4)8-11)19-18-15(5)9-12(2)10-16(18)6/h8-11H,1-7H3;7-10H,1-6H3. The van der Waals surface area contributed by atoms with Crippen LogP contribution in [0.1, 0.15) is 73.7 Å². The third-order valence-electron chi connectivity index (χ3n) is 7.66. The number of carbonyl (C=O) groups is 1. The van der Waals surface area contributed by atoms with Gasteiger partial charge >= 0.3 is 268 Å². The molecular formula is C38H47Ge2O2. The molecule has 0 amide bonds. The van der Waals surface area contributed by atoms with Gasteiger partial charge in [-0.2, -0.15) is 0 Å². The molecule has 0 aromatic heterocycles. The maximum atomic E-state index is 11.8. The molecule has 0 atom stereocenters. The summed E-state index contributed by atoms with van der Waals surface area (Å²) < 4.78 is 11.7. The fraction of sp³-hybridized carbons (Fsp3) is 0.342. The van der Waals surface area contributed by atoms with E-state index in [2.05, 4.69) is 132 Å². The molecule has 0 bridgehead atoms. The summed E-state index contributed by atoms with van der Waals surface area (Å²) >= 11 is -2.64. The molecule has 0 unspecified atom stereocenters. The molecule has 0 fully saturated rings. The molecule has 3 radical (unpaired) electrons. The van der Waals surface area contributed by atoms with Crippen LogP contribution < -0.4 is 17.6 Å². The van der Waals surface area contributed by atoms with Crippen LogP contribution in [0.15, 0.2) is 48.5 Å². The average molecular weight is 681 g/mol. The molecule has 219 valence electrons. The van der Waals surface area contributed by atoms with E-state index in [1.54, 1.807) is 8.79 Å². The Morgan fingerprint density at radius 1 is 0.476 bits per heavy atom. The van der Waals surface area contributed by atoms with Crippen molar-refractivity contribution in [3.05, 3.63) is 115 Å². The number of carbonyl (C=O) groups excluding carboxylic acids is 1. The van der Waals surface area contributed by atoms with Crippen molar-refractivity contribution in [1.29, 1.82) is 0 Å². The quantitative estimate of drug-likeness (QED) is 0.228. The van der Waals surface area contributed by atoms with Gasteiger partial charge in [0.25, 0.3) is 0 Å². The number of rotatable bonds is 5. The van der Waals surface area contributed by atoms with Crippen LogP contribution in [0.4, 0.5) is 0 Å². The van der Waals surface area contributed by atoms with Crippen LogP contribution in [0, 0.1) is 83.1 Å². The van der Waals surface area contributed by atoms with E-state index >= 15 is 0 Å². The molecule has 0 heterocycles. The molecule has 0 saturated heterocycles. The second-order valence-electron chi connectivity index (χ2n) is 12.1. The first-order valence-electron chi connectivity index (χ1n) is 14.7. The van der Waals surface area contributed by atoms with E-state index in [1.165, 1.54) is 82.5 Å². The van der Waals surface area contributed by atoms with Crippen LogP contribution in [0.5, 0.6) is 0 Å². The third kappa shape index (κ3) is 8.29. The van der Waals surface area contributed by atoms with Crippen molar-refractivity contribution in [2.75, 3.05) is 0 Å². The van der Waals surface area contributed by atoms with Gasteiger partial charge in [0.1, 0.15) is 0 Å². The number of hydrogen-bond donors (Lipinski definition) is 0. The summed E-state index contributed by atoms with van der Waals surface area (Å²) in [6.45, 7) is 27.7. The molecule has 0 aliphatic rings. The first-order chi connectivity index (χ1) is 19.6. The average Bonchev–Trinajstić information content (AvgIpc) is 2.81. The Hall–Kier alpha value is -2.56. The van der Waals surface area contributed by atoms with Crippen LogP contribution >= 0.6 is 0 Å². The van der Waals surface area contributed by atoms with E-state index in [4.69, 9.17) is 3.76 Å². The SMILES string of the molecule is CC(=O)[O][Ge]([c]1c(C)cc(C)cc1C)[c]1c(C)cc(C)cc1C.Cc1cc(C)[c]([Ge][c]2c(C)cc(C)cc2C)c(C)c1. The molecule has 42 heavy (non-hydrogen) atoms. The number of aryl methyl sites for hydroxylation is 12. The van der Waals surface area contributed by atoms with Crippen molar-refractivity contribution in [2.45, 2.75) is 90.0 Å². The summed E-state index contributed by atoms with van der Waals surface area (Å²) in [6, 6.07) is 18.1. The Balaban J connectivity index is 0.000000235. The molecule has 0 N–H and O–H groups in total. The van der Waals surface area contributed by atoms with E-state index in [-0.39, 0.29) is 21.4 Å². The van der Waals surface area contributed by atoms with E-state index in [1.807, 2.05) is 0 Å². The van der Waals surface area contributed by atoms with Gasteiger partial charge in [-0.05, 0) is 0 Å². The normalized spacial score (nSPS) is 10.9. The zero-order valence-corrected chi connectivity index (χ0v) is 32.1. The van der Waals surface area contributed by atoms with Crippen LogP contribution in [0.2, 0.25) is 0 Å². The molecule has 4 aromatic rings. The van der Waals surface area contributed by atoms with Crippen molar-refractivity contribution in [1.82, 2.24) is 0 Å². The topological polar surface area (TPSA) is 26.3 Å². The fourth-order valence-corrected chi connectivity index (χ4v) is 14.3. The van der Waals surface area contributed by atoms with Gasteiger partial charge in [0.05, 0.1) is 0 Å². The van der Waals surface area contributed by atoms with Gasteiger partial charge in [-0.15, -0.1) is 0 Å². The first-order valence-corrected chi connectivity index (χ1v) is 19.8. The predicted octanol–water partition coefficient (Wildman–Crippen LogP) is 6.40. The van der Waals surface area contributed by atoms with Gasteiger partial charge < -0.3 is 0 Å². The Morgan fingerprint density at radius 2 is 0.714 bits per heavy atom. The Morgan fingerprint density at radius 3 is 0.952 bits per heavy atom. The number of benzene rings is 4. The Kier molecular flexibility index (Phi) is 11.5. The summed E-state index contributed by atoms with van der Waals surface area (Å²) in [5.74, 6) is -0.182. The van der Waals surface area contributed by atoms with Gasteiger partial charge in [-0.3, -0.25) is 0 Å². The molecule has 2 nitrogen and oxygen atoms in total. The van der Waals surface area contributed by atoms with Crippen LogP contribution in [-0.2, 0) is 8.56 Å². The Labute approximate surface area is 266 Å². The molecule has 4 heteroatoms. The molecule has 4 rings (SSSR count). The summed E-state index contributed by atoms with van der Waals surface area (Å²) in [4.78, 5) is 11.8. The van der Waals surface area contributed by atoms with Gasteiger partial charge in [0.2, 0.25) is 0 Å². The zero-order chi connectivity index (χ0) is 31.5. The summed E-state index contributed by atoms with van der Waals surface area (Å²) in [6.07, 6.45) is 0. The van der Waals surface area contributed by atoms with Gasteiger partial charge in [-0.25, -0.2) is 0 Å². The fourth-order valence-electron chi connectivity index (χ4n) is 6.33. The summed E-state index contributed by atoms with van der Waals surface area (Å²) in [7, 11) is 0.